The van der Waals surface area contributed by atoms with Crippen molar-refractivity contribution in [2.75, 3.05) is 0 Å². The second kappa shape index (κ2) is 7.11. The average Bonchev–Trinajstić information content (AvgIpc) is 3.07. The number of phenolic OH excluding ortho intramolecular Hbond substituents is 4. The standard InChI is InChI=1S/C17H9B3Br2O6/c1-2-3-4(5-8(19)14(25)15(26)9(20)17(5)28-3)12(23)6-7(18)10(21)16(27)11(22)13(6)24/h24-27H,2H2,1H3. The van der Waals surface area contributed by atoms with Gasteiger partial charge in [-0.25, -0.2) is 0 Å². The monoisotopic (exact) mass is 500 g/mol. The molecule has 0 spiro atoms. The van der Waals surface area contributed by atoms with Crippen LogP contribution in [0.4, 0.5) is 0 Å². The highest BCUT2D eigenvalue weighted by atomic mass is 79.9. The summed E-state index contributed by atoms with van der Waals surface area (Å²) >= 11 is 6.07. The summed E-state index contributed by atoms with van der Waals surface area (Å²) in [4.78, 5) is 13.4. The maximum atomic E-state index is 13.4. The number of fused-ring (bicyclic) bond motifs is 1. The third-order valence-corrected chi connectivity index (χ3v) is 5.93. The van der Waals surface area contributed by atoms with Crippen LogP contribution in [0.2, 0.25) is 0 Å². The summed E-state index contributed by atoms with van der Waals surface area (Å²) in [7, 11) is 17.6. The molecule has 0 unspecified atom stereocenters. The molecule has 0 bridgehead atoms. The van der Waals surface area contributed by atoms with E-state index < -0.39 is 23.0 Å². The van der Waals surface area contributed by atoms with Gasteiger partial charge in [0.05, 0.1) is 15.6 Å². The molecule has 3 aromatic rings. The van der Waals surface area contributed by atoms with Crippen LogP contribution in [-0.4, -0.2) is 49.7 Å². The van der Waals surface area contributed by atoms with Crippen molar-refractivity contribution in [3.05, 3.63) is 25.8 Å². The number of hydrogen-bond acceptors (Lipinski definition) is 6. The predicted molar refractivity (Wildman–Crippen MR) is 114 cm³/mol. The molecule has 0 amide bonds. The number of rotatable bonds is 3. The number of ketones is 1. The lowest BCUT2D eigenvalue weighted by atomic mass is 9.80. The molecule has 0 aliphatic carbocycles. The number of carbonyl (C=O) groups is 1. The summed E-state index contributed by atoms with van der Waals surface area (Å²) in [6.45, 7) is 1.70. The molecule has 0 aliphatic heterocycles. The molecule has 1 aromatic heterocycles. The molecule has 2 aromatic carbocycles. The summed E-state index contributed by atoms with van der Waals surface area (Å²) in [6, 6.07) is 0. The highest BCUT2D eigenvalue weighted by Crippen LogP contribution is 2.41. The smallest absolute Gasteiger partial charge is 0.200 e. The number of aryl methyl sites for hydroxylation is 1. The van der Waals surface area contributed by atoms with Gasteiger partial charge in [0.25, 0.3) is 0 Å². The van der Waals surface area contributed by atoms with Gasteiger partial charge in [-0.2, -0.15) is 0 Å². The minimum absolute atomic E-state index is 0.000601. The zero-order chi connectivity index (χ0) is 21.1. The zero-order valence-electron chi connectivity index (χ0n) is 14.3. The first kappa shape index (κ1) is 20.7. The second-order valence-corrected chi connectivity index (χ2v) is 7.51. The number of halogens is 2. The topological polar surface area (TPSA) is 111 Å². The lowest BCUT2D eigenvalue weighted by Gasteiger charge is -2.14. The largest absolute Gasteiger partial charge is 0.506 e. The van der Waals surface area contributed by atoms with Crippen LogP contribution < -0.4 is 16.4 Å². The Morgan fingerprint density at radius 1 is 0.857 bits per heavy atom. The number of carbonyl (C=O) groups excluding carboxylic acids is 1. The highest BCUT2D eigenvalue weighted by molar-refractivity contribution is 9.11. The maximum absolute atomic E-state index is 13.4. The van der Waals surface area contributed by atoms with Crippen LogP contribution in [0.15, 0.2) is 13.4 Å². The van der Waals surface area contributed by atoms with Crippen molar-refractivity contribution >= 4 is 88.5 Å². The fourth-order valence-electron chi connectivity index (χ4n) is 2.93. The maximum Gasteiger partial charge on any atom is 0.200 e. The van der Waals surface area contributed by atoms with E-state index in [-0.39, 0.29) is 65.4 Å². The van der Waals surface area contributed by atoms with Crippen LogP contribution in [0.25, 0.3) is 11.0 Å². The van der Waals surface area contributed by atoms with Crippen molar-refractivity contribution in [3.63, 3.8) is 0 Å². The van der Waals surface area contributed by atoms with Crippen molar-refractivity contribution < 1.29 is 29.6 Å². The normalized spacial score (nSPS) is 11.2. The summed E-state index contributed by atoms with van der Waals surface area (Å²) in [5.41, 5.74) is -1.30. The number of aromatic hydroxyl groups is 4. The number of benzene rings is 2. The van der Waals surface area contributed by atoms with E-state index in [0.717, 1.165) is 0 Å². The quantitative estimate of drug-likeness (QED) is 0.242. The Morgan fingerprint density at radius 2 is 1.43 bits per heavy atom. The fourth-order valence-corrected chi connectivity index (χ4v) is 3.99. The van der Waals surface area contributed by atoms with E-state index in [0.29, 0.717) is 0 Å². The van der Waals surface area contributed by atoms with E-state index in [9.17, 15) is 25.2 Å². The molecule has 0 aliphatic rings. The van der Waals surface area contributed by atoms with Crippen molar-refractivity contribution in [2.45, 2.75) is 13.3 Å². The minimum atomic E-state index is -0.775. The van der Waals surface area contributed by atoms with Gasteiger partial charge < -0.3 is 24.8 Å². The van der Waals surface area contributed by atoms with Gasteiger partial charge in [0.1, 0.15) is 56.6 Å². The first-order valence-electron chi connectivity index (χ1n) is 7.81. The third-order valence-electron chi connectivity index (χ3n) is 4.37. The van der Waals surface area contributed by atoms with Crippen LogP contribution in [-0.2, 0) is 6.42 Å². The number of phenols is 4. The number of furan rings is 1. The molecule has 6 nitrogen and oxygen atoms in total. The van der Waals surface area contributed by atoms with E-state index in [1.54, 1.807) is 6.92 Å². The Morgan fingerprint density at radius 3 is 2.00 bits per heavy atom. The van der Waals surface area contributed by atoms with Gasteiger partial charge >= 0.3 is 0 Å². The second-order valence-electron chi connectivity index (χ2n) is 5.93. The van der Waals surface area contributed by atoms with Gasteiger partial charge in [-0.15, -0.1) is 0 Å². The van der Waals surface area contributed by atoms with E-state index in [1.165, 1.54) is 0 Å². The fraction of sp³-hybridized carbons (Fsp3) is 0.118. The van der Waals surface area contributed by atoms with Crippen LogP contribution in [0, 0.1) is 0 Å². The van der Waals surface area contributed by atoms with Crippen molar-refractivity contribution in [1.29, 1.82) is 0 Å². The molecule has 0 saturated heterocycles. The molecular weight excluding hydrogens is 492 g/mol. The molecule has 28 heavy (non-hydrogen) atoms. The van der Waals surface area contributed by atoms with E-state index in [2.05, 4.69) is 31.9 Å². The molecule has 0 atom stereocenters. The highest BCUT2D eigenvalue weighted by Gasteiger charge is 2.30. The third kappa shape index (κ3) is 2.75. The molecule has 11 heteroatoms. The summed E-state index contributed by atoms with van der Waals surface area (Å²) in [5, 5.41) is 40.3. The first-order valence-corrected chi connectivity index (χ1v) is 9.40. The Kier molecular flexibility index (Phi) is 5.27. The van der Waals surface area contributed by atoms with Crippen LogP contribution in [0.3, 0.4) is 0 Å². The molecule has 4 N–H and O–H groups in total. The van der Waals surface area contributed by atoms with E-state index in [1.807, 2.05) is 0 Å². The lowest BCUT2D eigenvalue weighted by molar-refractivity contribution is 0.103. The summed E-state index contributed by atoms with van der Waals surface area (Å²) in [6.07, 6.45) is 0.233. The van der Waals surface area contributed by atoms with Crippen molar-refractivity contribution in [3.8, 4) is 23.0 Å². The average molecular weight is 501 g/mol. The molecule has 0 fully saturated rings. The van der Waals surface area contributed by atoms with Gasteiger partial charge in [0, 0.05) is 11.8 Å². The zero-order valence-corrected chi connectivity index (χ0v) is 17.5. The molecule has 1 heterocycles. The predicted octanol–water partition coefficient (Wildman–Crippen LogP) is 0.955. The Balaban J connectivity index is 2.45. The molecule has 3 rings (SSSR count). The van der Waals surface area contributed by atoms with Gasteiger partial charge in [-0.3, -0.25) is 4.79 Å². The van der Waals surface area contributed by atoms with Crippen LogP contribution in [0.5, 0.6) is 23.0 Å². The van der Waals surface area contributed by atoms with E-state index >= 15 is 0 Å². The Hall–Kier alpha value is -2.00. The molecule has 0 saturated carbocycles. The first-order chi connectivity index (χ1) is 13.0. The van der Waals surface area contributed by atoms with Gasteiger partial charge in [-0.05, 0) is 42.8 Å². The van der Waals surface area contributed by atoms with E-state index in [4.69, 9.17) is 28.0 Å². The van der Waals surface area contributed by atoms with Gasteiger partial charge in [0.15, 0.2) is 11.5 Å². The lowest BCUT2D eigenvalue weighted by Crippen LogP contribution is -2.21. The molecular formula is C17H9B3Br2O6. The SMILES string of the molecule is [B]c1c(Br)c(O)c(Br)c(O)c1C(=O)c1c(CC)oc2c([B])c(O)c(O)c([B])c12. The summed E-state index contributed by atoms with van der Waals surface area (Å²) < 4.78 is 5.47. The molecule has 6 radical (unpaired) electrons. The Labute approximate surface area is 180 Å². The van der Waals surface area contributed by atoms with Crippen molar-refractivity contribution in [1.82, 2.24) is 0 Å². The van der Waals surface area contributed by atoms with Crippen LogP contribution in [0.1, 0.15) is 28.6 Å². The van der Waals surface area contributed by atoms with Gasteiger partial charge in [0.2, 0.25) is 0 Å². The Bertz CT molecular complexity index is 1140. The van der Waals surface area contributed by atoms with Crippen molar-refractivity contribution in [2.24, 2.45) is 0 Å². The number of hydrogen-bond donors (Lipinski definition) is 4. The minimum Gasteiger partial charge on any atom is -0.506 e. The molecule has 136 valence electrons. The summed E-state index contributed by atoms with van der Waals surface area (Å²) in [5.74, 6) is -2.96. The van der Waals surface area contributed by atoms with Gasteiger partial charge in [-0.1, -0.05) is 12.4 Å². The van der Waals surface area contributed by atoms with Crippen LogP contribution >= 0.6 is 31.9 Å².